The van der Waals surface area contributed by atoms with Gasteiger partial charge in [-0.1, -0.05) is 18.0 Å². The molecule has 1 aromatic rings. The van der Waals surface area contributed by atoms with Crippen LogP contribution in [-0.4, -0.2) is 31.1 Å². The van der Waals surface area contributed by atoms with Gasteiger partial charge in [0.1, 0.15) is 0 Å². The zero-order valence-corrected chi connectivity index (χ0v) is 13.1. The Kier molecular flexibility index (Phi) is 5.34. The van der Waals surface area contributed by atoms with Crippen LogP contribution in [0.3, 0.4) is 0 Å². The number of nitrogens with one attached hydrogen (secondary N) is 1. The van der Waals surface area contributed by atoms with E-state index in [-0.39, 0.29) is 0 Å². The lowest BCUT2D eigenvalue weighted by atomic mass is 10.0. The van der Waals surface area contributed by atoms with Crippen molar-refractivity contribution in [2.45, 2.75) is 31.7 Å². The van der Waals surface area contributed by atoms with E-state index in [2.05, 4.69) is 39.3 Å². The van der Waals surface area contributed by atoms with Crippen LogP contribution in [0, 0.1) is 0 Å². The van der Waals surface area contributed by atoms with E-state index in [4.69, 9.17) is 11.6 Å². The fraction of sp³-hybridized carbons (Fsp3) is 0.571. The summed E-state index contributed by atoms with van der Waals surface area (Å²) >= 11 is 9.47. The molecule has 2 rings (SSSR count). The van der Waals surface area contributed by atoms with E-state index < -0.39 is 0 Å². The Bertz CT molecular complexity index is 397. The van der Waals surface area contributed by atoms with Crippen LogP contribution in [0.5, 0.6) is 0 Å². The molecule has 1 fully saturated rings. The lowest BCUT2D eigenvalue weighted by Crippen LogP contribution is -2.37. The molecule has 0 bridgehead atoms. The molecule has 1 saturated heterocycles. The van der Waals surface area contributed by atoms with Crippen LogP contribution in [0.1, 0.15) is 25.7 Å². The molecule has 1 aliphatic heterocycles. The third kappa shape index (κ3) is 3.87. The van der Waals surface area contributed by atoms with Gasteiger partial charge < -0.3 is 10.2 Å². The molecule has 1 N–H and O–H groups in total. The Morgan fingerprint density at radius 2 is 2.28 bits per heavy atom. The second kappa shape index (κ2) is 6.78. The predicted molar refractivity (Wildman–Crippen MR) is 82.5 cm³/mol. The minimum absolute atomic E-state index is 0.733. The molecule has 0 saturated carbocycles. The minimum atomic E-state index is 0.733. The van der Waals surface area contributed by atoms with E-state index in [9.17, 15) is 0 Å². The molecule has 0 amide bonds. The smallest absolute Gasteiger partial charge is 0.0568 e. The highest BCUT2D eigenvalue weighted by molar-refractivity contribution is 9.10. The average Bonchev–Trinajstić information content (AvgIpc) is 2.36. The Morgan fingerprint density at radius 3 is 3.00 bits per heavy atom. The predicted octanol–water partition coefficient (Wildman–Crippen LogP) is 4.39. The fourth-order valence-electron chi connectivity index (χ4n) is 2.50. The molecule has 1 aromatic carbocycles. The van der Waals surface area contributed by atoms with Crippen molar-refractivity contribution in [3.63, 3.8) is 0 Å². The normalized spacial score (nSPS) is 20.9. The Morgan fingerprint density at radius 1 is 1.44 bits per heavy atom. The van der Waals surface area contributed by atoms with Crippen molar-refractivity contribution in [2.24, 2.45) is 0 Å². The van der Waals surface area contributed by atoms with E-state index in [0.29, 0.717) is 0 Å². The largest absolute Gasteiger partial charge is 0.385 e. The average molecular weight is 332 g/mol. The maximum atomic E-state index is 6.07. The van der Waals surface area contributed by atoms with Crippen molar-refractivity contribution in [1.29, 1.82) is 0 Å². The van der Waals surface area contributed by atoms with Crippen molar-refractivity contribution in [3.05, 3.63) is 27.7 Å². The van der Waals surface area contributed by atoms with Crippen molar-refractivity contribution in [1.82, 2.24) is 4.90 Å². The first-order valence-corrected chi connectivity index (χ1v) is 7.73. The summed E-state index contributed by atoms with van der Waals surface area (Å²) < 4.78 is 0.946. The van der Waals surface area contributed by atoms with Crippen LogP contribution in [0.2, 0.25) is 5.02 Å². The molecule has 1 heterocycles. The molecule has 1 atom stereocenters. The molecule has 100 valence electrons. The summed E-state index contributed by atoms with van der Waals surface area (Å²) in [5.74, 6) is 0. The highest BCUT2D eigenvalue weighted by atomic mass is 79.9. The van der Waals surface area contributed by atoms with E-state index >= 15 is 0 Å². The number of piperidine rings is 1. The van der Waals surface area contributed by atoms with Crippen LogP contribution >= 0.6 is 27.5 Å². The Labute approximate surface area is 123 Å². The molecule has 0 aliphatic carbocycles. The lowest BCUT2D eigenvalue weighted by molar-refractivity contribution is 0.179. The quantitative estimate of drug-likeness (QED) is 0.880. The number of halogens is 2. The van der Waals surface area contributed by atoms with Gasteiger partial charge in [0.2, 0.25) is 0 Å². The van der Waals surface area contributed by atoms with Gasteiger partial charge in [-0.15, -0.1) is 0 Å². The summed E-state index contributed by atoms with van der Waals surface area (Å²) in [5, 5.41) is 4.21. The van der Waals surface area contributed by atoms with Crippen LogP contribution in [0.25, 0.3) is 0 Å². The molecule has 1 aliphatic rings. The lowest BCUT2D eigenvalue weighted by Gasteiger charge is -2.32. The van der Waals surface area contributed by atoms with E-state index in [1.807, 2.05) is 12.1 Å². The minimum Gasteiger partial charge on any atom is -0.385 e. The monoisotopic (exact) mass is 330 g/mol. The maximum absolute atomic E-state index is 6.07. The molecular weight excluding hydrogens is 312 g/mol. The molecule has 18 heavy (non-hydrogen) atoms. The number of likely N-dealkylation sites (tertiary alicyclic amines) is 1. The standard InChI is InChI=1S/C14H20BrClN2/c1-18-9-3-2-4-12(18)7-8-17-11-5-6-13(15)14(16)10-11/h5-6,10,12,17H,2-4,7-9H2,1H3. The van der Waals surface area contributed by atoms with Gasteiger partial charge >= 0.3 is 0 Å². The third-order valence-corrected chi connectivity index (χ3v) is 4.88. The van der Waals surface area contributed by atoms with Gasteiger partial charge in [-0.05, 0) is 67.0 Å². The first-order valence-electron chi connectivity index (χ1n) is 6.56. The van der Waals surface area contributed by atoms with E-state index in [1.165, 1.54) is 32.2 Å². The maximum Gasteiger partial charge on any atom is 0.0568 e. The van der Waals surface area contributed by atoms with Gasteiger partial charge in [0.25, 0.3) is 0 Å². The summed E-state index contributed by atoms with van der Waals surface area (Å²) in [4.78, 5) is 2.49. The number of rotatable bonds is 4. The number of hydrogen-bond acceptors (Lipinski definition) is 2. The highest BCUT2D eigenvalue weighted by Gasteiger charge is 2.17. The number of benzene rings is 1. The molecule has 4 heteroatoms. The molecule has 1 unspecified atom stereocenters. The Hall–Kier alpha value is -0.250. The SMILES string of the molecule is CN1CCCCC1CCNc1ccc(Br)c(Cl)c1. The fourth-order valence-corrected chi connectivity index (χ4v) is 2.93. The van der Waals surface area contributed by atoms with Crippen LogP contribution in [0.15, 0.2) is 22.7 Å². The van der Waals surface area contributed by atoms with E-state index in [0.717, 1.165) is 27.8 Å². The molecular formula is C14H20BrClN2. The molecule has 0 radical (unpaired) electrons. The van der Waals surface area contributed by atoms with Crippen molar-refractivity contribution in [3.8, 4) is 0 Å². The van der Waals surface area contributed by atoms with E-state index in [1.54, 1.807) is 0 Å². The first kappa shape index (κ1) is 14.2. The van der Waals surface area contributed by atoms with Crippen LogP contribution in [-0.2, 0) is 0 Å². The molecule has 0 spiro atoms. The van der Waals surface area contributed by atoms with Gasteiger partial charge in [0, 0.05) is 22.7 Å². The molecule has 0 aromatic heterocycles. The van der Waals surface area contributed by atoms with Crippen molar-refractivity contribution >= 4 is 33.2 Å². The van der Waals surface area contributed by atoms with Gasteiger partial charge in [0.05, 0.1) is 5.02 Å². The Balaban J connectivity index is 1.79. The number of hydrogen-bond donors (Lipinski definition) is 1. The van der Waals surface area contributed by atoms with Crippen LogP contribution < -0.4 is 5.32 Å². The summed E-state index contributed by atoms with van der Waals surface area (Å²) in [5.41, 5.74) is 1.10. The summed E-state index contributed by atoms with van der Waals surface area (Å²) in [6.45, 7) is 2.25. The van der Waals surface area contributed by atoms with Gasteiger partial charge in [0.15, 0.2) is 0 Å². The summed E-state index contributed by atoms with van der Waals surface area (Å²) in [6.07, 6.45) is 5.26. The van der Waals surface area contributed by atoms with Crippen molar-refractivity contribution < 1.29 is 0 Å². The van der Waals surface area contributed by atoms with Crippen LogP contribution in [0.4, 0.5) is 5.69 Å². The summed E-state index contributed by atoms with van der Waals surface area (Å²) in [6, 6.07) is 6.74. The van der Waals surface area contributed by atoms with Crippen molar-refractivity contribution in [2.75, 3.05) is 25.5 Å². The van der Waals surface area contributed by atoms with Gasteiger partial charge in [-0.2, -0.15) is 0 Å². The summed E-state index contributed by atoms with van der Waals surface area (Å²) in [7, 11) is 2.24. The topological polar surface area (TPSA) is 15.3 Å². The third-order valence-electron chi connectivity index (χ3n) is 3.65. The second-order valence-electron chi connectivity index (χ2n) is 4.97. The van der Waals surface area contributed by atoms with Gasteiger partial charge in [-0.25, -0.2) is 0 Å². The molecule has 2 nitrogen and oxygen atoms in total. The zero-order chi connectivity index (χ0) is 13.0. The zero-order valence-electron chi connectivity index (χ0n) is 10.8. The highest BCUT2D eigenvalue weighted by Crippen LogP contribution is 2.25. The van der Waals surface area contributed by atoms with Gasteiger partial charge in [-0.3, -0.25) is 0 Å². The number of anilines is 1. The number of nitrogens with zero attached hydrogens (tertiary/aromatic N) is 1. The second-order valence-corrected chi connectivity index (χ2v) is 6.24. The first-order chi connectivity index (χ1) is 8.66.